The van der Waals surface area contributed by atoms with E-state index in [4.69, 9.17) is 12.2 Å². The number of aryl methyl sites for hydroxylation is 2. The third kappa shape index (κ3) is 5.45. The molecular weight excluding hydrogens is 516 g/mol. The molecule has 0 unspecified atom stereocenters. The Morgan fingerprint density at radius 3 is 2.42 bits per heavy atom. The lowest BCUT2D eigenvalue weighted by Crippen LogP contribution is -2.33. The number of carbonyl (C=O) groups is 1. The van der Waals surface area contributed by atoms with Gasteiger partial charge in [0, 0.05) is 61.7 Å². The lowest BCUT2D eigenvalue weighted by Gasteiger charge is -2.28. The van der Waals surface area contributed by atoms with E-state index in [9.17, 15) is 4.79 Å². The molecular formula is C32H36N6OS. The van der Waals surface area contributed by atoms with Crippen molar-refractivity contribution in [2.75, 3.05) is 30.9 Å². The quantitative estimate of drug-likeness (QED) is 0.267. The van der Waals surface area contributed by atoms with Crippen LogP contribution in [0.15, 0.2) is 79.0 Å². The van der Waals surface area contributed by atoms with E-state index in [0.717, 1.165) is 45.3 Å². The van der Waals surface area contributed by atoms with Crippen LogP contribution in [0.3, 0.4) is 0 Å². The van der Waals surface area contributed by atoms with Crippen LogP contribution in [-0.4, -0.2) is 46.1 Å². The van der Waals surface area contributed by atoms with Crippen molar-refractivity contribution in [2.45, 2.75) is 39.3 Å². The fraction of sp³-hybridized carbons (Fsp3) is 0.281. The molecule has 1 fully saturated rings. The number of hydrogen-bond donors (Lipinski definition) is 2. The second kappa shape index (κ2) is 11.5. The number of aromatic nitrogens is 2. The van der Waals surface area contributed by atoms with Gasteiger partial charge in [-0.15, -0.1) is 0 Å². The smallest absolute Gasteiger partial charge is 0.226 e. The summed E-state index contributed by atoms with van der Waals surface area (Å²) in [4.78, 5) is 21.9. The lowest BCUT2D eigenvalue weighted by atomic mass is 9.96. The Morgan fingerprint density at radius 1 is 1.02 bits per heavy atom. The van der Waals surface area contributed by atoms with E-state index in [1.165, 1.54) is 0 Å². The van der Waals surface area contributed by atoms with Crippen LogP contribution >= 0.6 is 12.2 Å². The normalized spacial score (nSPS) is 16.6. The van der Waals surface area contributed by atoms with Gasteiger partial charge in [0.15, 0.2) is 5.11 Å². The Kier molecular flexibility index (Phi) is 7.89. The maximum absolute atomic E-state index is 13.0. The van der Waals surface area contributed by atoms with Crippen LogP contribution in [0.5, 0.6) is 0 Å². The van der Waals surface area contributed by atoms with Gasteiger partial charge < -0.3 is 25.0 Å². The minimum absolute atomic E-state index is 0.0383. The van der Waals surface area contributed by atoms with Crippen molar-refractivity contribution in [1.29, 1.82) is 0 Å². The predicted octanol–water partition coefficient (Wildman–Crippen LogP) is 5.86. The standard InChI is InChI=1S/C32H36N6OS/c1-21-10-6-7-11-27(21)34-29(39)17-19-37-31(30(35-32(37)40)28-12-8-9-18-33-28)26-20-22(2)38(23(26)3)25-15-13-24(14-16-25)36(4)5/h6-16,18,20,30-31H,17,19H2,1-5H3,(H,34,39)(H,35,40)/t30-,31-/m0/s1. The largest absolute Gasteiger partial charge is 0.378 e. The molecule has 206 valence electrons. The molecule has 40 heavy (non-hydrogen) atoms. The topological polar surface area (TPSA) is 65.4 Å². The number of nitrogens with zero attached hydrogens (tertiary/aromatic N) is 4. The minimum Gasteiger partial charge on any atom is -0.378 e. The molecule has 0 radical (unpaired) electrons. The predicted molar refractivity (Wildman–Crippen MR) is 166 cm³/mol. The molecule has 1 aliphatic rings. The number of amides is 1. The Morgan fingerprint density at radius 2 is 1.75 bits per heavy atom. The van der Waals surface area contributed by atoms with Gasteiger partial charge in [0.25, 0.3) is 0 Å². The number of carbonyl (C=O) groups excluding carboxylic acids is 1. The van der Waals surface area contributed by atoms with Crippen LogP contribution < -0.4 is 15.5 Å². The molecule has 1 aliphatic heterocycles. The average molecular weight is 553 g/mol. The molecule has 4 aromatic rings. The van der Waals surface area contributed by atoms with Crippen LogP contribution in [-0.2, 0) is 4.79 Å². The van der Waals surface area contributed by atoms with Crippen molar-refractivity contribution in [2.24, 2.45) is 0 Å². The highest BCUT2D eigenvalue weighted by Crippen LogP contribution is 2.41. The molecule has 3 heterocycles. The number of nitrogens with one attached hydrogen (secondary N) is 2. The maximum atomic E-state index is 13.0. The van der Waals surface area contributed by atoms with Crippen molar-refractivity contribution >= 4 is 34.6 Å². The number of benzene rings is 2. The second-order valence-corrected chi connectivity index (χ2v) is 10.9. The molecule has 2 N–H and O–H groups in total. The van der Waals surface area contributed by atoms with Crippen LogP contribution in [0.1, 0.15) is 46.7 Å². The highest BCUT2D eigenvalue weighted by molar-refractivity contribution is 7.80. The third-order valence-electron chi connectivity index (χ3n) is 7.61. The van der Waals surface area contributed by atoms with E-state index in [0.29, 0.717) is 18.1 Å². The van der Waals surface area contributed by atoms with Gasteiger partial charge in [-0.25, -0.2) is 0 Å². The molecule has 2 aromatic carbocycles. The van der Waals surface area contributed by atoms with Gasteiger partial charge in [0.05, 0.1) is 17.8 Å². The number of hydrogen-bond acceptors (Lipinski definition) is 4. The Balaban J connectivity index is 1.47. The summed E-state index contributed by atoms with van der Waals surface area (Å²) in [5.41, 5.74) is 8.50. The van der Waals surface area contributed by atoms with Gasteiger partial charge in [0.1, 0.15) is 0 Å². The molecule has 2 aromatic heterocycles. The van der Waals surface area contributed by atoms with Gasteiger partial charge in [-0.2, -0.15) is 0 Å². The van der Waals surface area contributed by atoms with Crippen LogP contribution in [0, 0.1) is 20.8 Å². The summed E-state index contributed by atoms with van der Waals surface area (Å²) in [6.45, 7) is 6.76. The van der Waals surface area contributed by atoms with E-state index < -0.39 is 0 Å². The Hall–Kier alpha value is -4.17. The molecule has 5 rings (SSSR count). The molecule has 7 nitrogen and oxygen atoms in total. The Labute approximate surface area is 241 Å². The third-order valence-corrected chi connectivity index (χ3v) is 7.96. The van der Waals surface area contributed by atoms with Gasteiger partial charge in [0.2, 0.25) is 5.91 Å². The first-order valence-electron chi connectivity index (χ1n) is 13.5. The molecule has 1 saturated heterocycles. The van der Waals surface area contributed by atoms with E-state index >= 15 is 0 Å². The van der Waals surface area contributed by atoms with Crippen molar-refractivity contribution in [3.8, 4) is 5.69 Å². The first kappa shape index (κ1) is 27.4. The maximum Gasteiger partial charge on any atom is 0.226 e. The first-order chi connectivity index (χ1) is 19.2. The monoisotopic (exact) mass is 552 g/mol. The van der Waals surface area contributed by atoms with Crippen molar-refractivity contribution in [3.63, 3.8) is 0 Å². The second-order valence-electron chi connectivity index (χ2n) is 10.5. The van der Waals surface area contributed by atoms with E-state index in [2.05, 4.69) is 74.2 Å². The van der Waals surface area contributed by atoms with Crippen molar-refractivity contribution in [3.05, 3.63) is 107 Å². The molecule has 0 aliphatic carbocycles. The molecule has 0 bridgehead atoms. The van der Waals surface area contributed by atoms with Crippen LogP contribution in [0.25, 0.3) is 5.69 Å². The Bertz CT molecular complexity index is 1510. The summed E-state index contributed by atoms with van der Waals surface area (Å²) in [6, 6.07) is 24.3. The lowest BCUT2D eigenvalue weighted by molar-refractivity contribution is -0.116. The molecule has 8 heteroatoms. The van der Waals surface area contributed by atoms with Crippen LogP contribution in [0.2, 0.25) is 0 Å². The first-order valence-corrected chi connectivity index (χ1v) is 14.0. The van der Waals surface area contributed by atoms with Gasteiger partial charge >= 0.3 is 0 Å². The van der Waals surface area contributed by atoms with Crippen molar-refractivity contribution in [1.82, 2.24) is 19.8 Å². The molecule has 0 spiro atoms. The summed E-state index contributed by atoms with van der Waals surface area (Å²) in [6.07, 6.45) is 2.12. The number of rotatable bonds is 8. The SMILES string of the molecule is Cc1ccccc1NC(=O)CCN1C(=S)N[C@@H](c2ccccn2)[C@@H]1c1cc(C)n(-c2ccc(N(C)C)cc2)c1C. The zero-order chi connectivity index (χ0) is 28.4. The number of para-hydroxylation sites is 1. The fourth-order valence-corrected chi connectivity index (χ4v) is 5.85. The molecule has 2 atom stereocenters. The summed E-state index contributed by atoms with van der Waals surface area (Å²) in [7, 11) is 4.09. The number of pyridine rings is 1. The highest BCUT2D eigenvalue weighted by Gasteiger charge is 2.41. The zero-order valence-electron chi connectivity index (χ0n) is 23.7. The van der Waals surface area contributed by atoms with Gasteiger partial charge in [-0.05, 0) is 92.6 Å². The summed E-state index contributed by atoms with van der Waals surface area (Å²) < 4.78 is 2.29. The molecule has 1 amide bonds. The van der Waals surface area contributed by atoms with Crippen molar-refractivity contribution < 1.29 is 4.79 Å². The summed E-state index contributed by atoms with van der Waals surface area (Å²) >= 11 is 5.86. The van der Waals surface area contributed by atoms with E-state index in [1.54, 1.807) is 0 Å². The summed E-state index contributed by atoms with van der Waals surface area (Å²) in [5.74, 6) is -0.0383. The number of anilines is 2. The highest BCUT2D eigenvalue weighted by atomic mass is 32.1. The van der Waals surface area contributed by atoms with Crippen LogP contribution in [0.4, 0.5) is 11.4 Å². The average Bonchev–Trinajstić information content (AvgIpc) is 3.43. The van der Waals surface area contributed by atoms with Gasteiger partial charge in [-0.1, -0.05) is 24.3 Å². The van der Waals surface area contributed by atoms with Gasteiger partial charge in [-0.3, -0.25) is 9.78 Å². The number of thiocarbonyl (C=S) groups is 1. The van der Waals surface area contributed by atoms with E-state index in [1.807, 2.05) is 69.7 Å². The zero-order valence-corrected chi connectivity index (χ0v) is 24.5. The summed E-state index contributed by atoms with van der Waals surface area (Å²) in [5, 5.41) is 7.20. The van der Waals surface area contributed by atoms with E-state index in [-0.39, 0.29) is 18.0 Å². The fourth-order valence-electron chi connectivity index (χ4n) is 5.52. The minimum atomic E-state index is -0.141. The molecule has 0 saturated carbocycles.